The average Bonchev–Trinajstić information content (AvgIpc) is 3.08. The van der Waals surface area contributed by atoms with Crippen molar-refractivity contribution in [2.45, 2.75) is 6.42 Å². The van der Waals surface area contributed by atoms with Gasteiger partial charge in [-0.25, -0.2) is 8.42 Å². The van der Waals surface area contributed by atoms with E-state index in [4.69, 9.17) is 0 Å². The van der Waals surface area contributed by atoms with Gasteiger partial charge in [0.15, 0.2) is 0 Å². The van der Waals surface area contributed by atoms with Crippen LogP contribution in [0.25, 0.3) is 11.1 Å². The monoisotopic (exact) mass is 392 g/mol. The summed E-state index contributed by atoms with van der Waals surface area (Å²) in [4.78, 5) is 12.8. The lowest BCUT2D eigenvalue weighted by molar-refractivity contribution is 0.102. The Morgan fingerprint density at radius 3 is 2.39 bits per heavy atom. The topological polar surface area (TPSA) is 66.5 Å². The number of anilines is 2. The van der Waals surface area contributed by atoms with Crippen molar-refractivity contribution >= 4 is 27.3 Å². The maximum absolute atomic E-state index is 12.8. The maximum Gasteiger partial charge on any atom is 0.255 e. The van der Waals surface area contributed by atoms with Crippen LogP contribution in [0.2, 0.25) is 0 Å². The Kier molecular flexibility index (Phi) is 4.88. The summed E-state index contributed by atoms with van der Waals surface area (Å²) in [6, 6.07) is 24.2. The van der Waals surface area contributed by atoms with E-state index in [9.17, 15) is 13.2 Å². The van der Waals surface area contributed by atoms with Gasteiger partial charge in [-0.2, -0.15) is 0 Å². The van der Waals surface area contributed by atoms with Gasteiger partial charge >= 0.3 is 0 Å². The third kappa shape index (κ3) is 3.64. The Bertz CT molecular complexity index is 1110. The number of hydrogen-bond acceptors (Lipinski definition) is 3. The standard InChI is InChI=1S/C22H20N2O3S/c25-22(18-10-6-11-19(16-18)24-14-7-15-28(24,26)27)23-21-13-5-4-12-20(21)17-8-2-1-3-9-17/h1-6,8-13,16H,7,14-15H2,(H,23,25). The maximum atomic E-state index is 12.8. The molecule has 142 valence electrons. The second kappa shape index (κ2) is 7.48. The second-order valence-electron chi connectivity index (χ2n) is 6.66. The number of carbonyl (C=O) groups is 1. The summed E-state index contributed by atoms with van der Waals surface area (Å²) in [7, 11) is -3.28. The SMILES string of the molecule is O=C(Nc1ccccc1-c1ccccc1)c1cccc(N2CCCS2(=O)=O)c1. The predicted octanol–water partition coefficient (Wildman–Crippen LogP) is 4.15. The van der Waals surface area contributed by atoms with Crippen LogP contribution in [-0.4, -0.2) is 26.6 Å². The van der Waals surface area contributed by atoms with E-state index >= 15 is 0 Å². The summed E-state index contributed by atoms with van der Waals surface area (Å²) >= 11 is 0. The largest absolute Gasteiger partial charge is 0.321 e. The van der Waals surface area contributed by atoms with Crippen molar-refractivity contribution in [2.24, 2.45) is 0 Å². The first-order valence-electron chi connectivity index (χ1n) is 9.11. The summed E-state index contributed by atoms with van der Waals surface area (Å²) < 4.78 is 25.7. The molecule has 3 aromatic rings. The van der Waals surface area contributed by atoms with Gasteiger partial charge in [0.1, 0.15) is 0 Å². The zero-order valence-electron chi connectivity index (χ0n) is 15.2. The third-order valence-electron chi connectivity index (χ3n) is 4.76. The number of carbonyl (C=O) groups excluding carboxylic acids is 1. The molecule has 0 aliphatic carbocycles. The molecular formula is C22H20N2O3S. The van der Waals surface area contributed by atoms with Crippen LogP contribution >= 0.6 is 0 Å². The van der Waals surface area contributed by atoms with Gasteiger partial charge in [-0.3, -0.25) is 9.10 Å². The lowest BCUT2D eigenvalue weighted by atomic mass is 10.0. The van der Waals surface area contributed by atoms with Crippen molar-refractivity contribution < 1.29 is 13.2 Å². The number of sulfonamides is 1. The van der Waals surface area contributed by atoms with Gasteiger partial charge in [0.05, 0.1) is 11.4 Å². The summed E-state index contributed by atoms with van der Waals surface area (Å²) in [5.74, 6) is -0.129. The number of nitrogens with zero attached hydrogens (tertiary/aromatic N) is 1. The first kappa shape index (κ1) is 18.3. The molecule has 0 atom stereocenters. The fourth-order valence-corrected chi connectivity index (χ4v) is 4.94. The average molecular weight is 392 g/mol. The van der Waals surface area contributed by atoms with E-state index in [2.05, 4.69) is 5.32 Å². The van der Waals surface area contributed by atoms with Gasteiger partial charge in [0.25, 0.3) is 5.91 Å². The molecule has 1 amide bonds. The molecule has 0 spiro atoms. The summed E-state index contributed by atoms with van der Waals surface area (Å²) in [6.45, 7) is 0.449. The Balaban J connectivity index is 1.62. The molecule has 6 heteroatoms. The van der Waals surface area contributed by atoms with Gasteiger partial charge in [-0.1, -0.05) is 54.6 Å². The number of benzene rings is 3. The second-order valence-corrected chi connectivity index (χ2v) is 8.67. The predicted molar refractivity (Wildman–Crippen MR) is 112 cm³/mol. The van der Waals surface area contributed by atoms with Crippen LogP contribution < -0.4 is 9.62 Å². The summed E-state index contributed by atoms with van der Waals surface area (Å²) in [5, 5.41) is 2.96. The number of nitrogens with one attached hydrogen (secondary N) is 1. The summed E-state index contributed by atoms with van der Waals surface area (Å²) in [5.41, 5.74) is 3.59. The normalized spacial score (nSPS) is 15.4. The fraction of sp³-hybridized carbons (Fsp3) is 0.136. The number of para-hydroxylation sites is 1. The van der Waals surface area contributed by atoms with Crippen molar-refractivity contribution in [1.29, 1.82) is 0 Å². The minimum absolute atomic E-state index is 0.147. The molecule has 1 aliphatic heterocycles. The van der Waals surface area contributed by atoms with E-state index in [-0.39, 0.29) is 11.7 Å². The van der Waals surface area contributed by atoms with E-state index in [1.807, 2.05) is 54.6 Å². The highest BCUT2D eigenvalue weighted by atomic mass is 32.2. The zero-order valence-corrected chi connectivity index (χ0v) is 16.0. The van der Waals surface area contributed by atoms with Gasteiger partial charge in [0, 0.05) is 23.4 Å². The number of rotatable bonds is 4. The first-order chi connectivity index (χ1) is 13.5. The third-order valence-corrected chi connectivity index (χ3v) is 6.63. The van der Waals surface area contributed by atoms with Gasteiger partial charge in [-0.15, -0.1) is 0 Å². The van der Waals surface area contributed by atoms with Crippen LogP contribution in [0.3, 0.4) is 0 Å². The molecule has 1 fully saturated rings. The van der Waals surface area contributed by atoms with Crippen LogP contribution in [0.15, 0.2) is 78.9 Å². The zero-order chi connectivity index (χ0) is 19.6. The molecular weight excluding hydrogens is 372 g/mol. The highest BCUT2D eigenvalue weighted by molar-refractivity contribution is 7.93. The molecule has 5 nitrogen and oxygen atoms in total. The minimum Gasteiger partial charge on any atom is -0.321 e. The number of hydrogen-bond donors (Lipinski definition) is 1. The molecule has 1 saturated heterocycles. The van der Waals surface area contributed by atoms with E-state index < -0.39 is 10.0 Å². The van der Waals surface area contributed by atoms with E-state index in [0.29, 0.717) is 29.9 Å². The molecule has 0 saturated carbocycles. The van der Waals surface area contributed by atoms with Crippen LogP contribution in [0.1, 0.15) is 16.8 Å². The van der Waals surface area contributed by atoms with Gasteiger partial charge in [-0.05, 0) is 36.2 Å². The van der Waals surface area contributed by atoms with Crippen molar-refractivity contribution in [1.82, 2.24) is 0 Å². The van der Waals surface area contributed by atoms with Crippen LogP contribution in [0.4, 0.5) is 11.4 Å². The highest BCUT2D eigenvalue weighted by Crippen LogP contribution is 2.29. The molecule has 1 heterocycles. The fourth-order valence-electron chi connectivity index (χ4n) is 3.39. The van der Waals surface area contributed by atoms with E-state index in [1.165, 1.54) is 4.31 Å². The molecule has 1 N–H and O–H groups in total. The molecule has 0 bridgehead atoms. The number of amides is 1. The van der Waals surface area contributed by atoms with Crippen molar-refractivity contribution in [3.63, 3.8) is 0 Å². The Labute approximate surface area is 164 Å². The van der Waals surface area contributed by atoms with Gasteiger partial charge in [0.2, 0.25) is 10.0 Å². The lowest BCUT2D eigenvalue weighted by Gasteiger charge is -2.18. The molecule has 3 aromatic carbocycles. The highest BCUT2D eigenvalue weighted by Gasteiger charge is 2.28. The molecule has 4 rings (SSSR count). The van der Waals surface area contributed by atoms with Crippen LogP contribution in [-0.2, 0) is 10.0 Å². The first-order valence-corrected chi connectivity index (χ1v) is 10.7. The molecule has 0 unspecified atom stereocenters. The van der Waals surface area contributed by atoms with E-state index in [1.54, 1.807) is 24.3 Å². The Morgan fingerprint density at radius 1 is 0.893 bits per heavy atom. The summed E-state index contributed by atoms with van der Waals surface area (Å²) in [6.07, 6.45) is 0.600. The van der Waals surface area contributed by atoms with Crippen molar-refractivity contribution in [2.75, 3.05) is 21.9 Å². The molecule has 28 heavy (non-hydrogen) atoms. The van der Waals surface area contributed by atoms with Crippen molar-refractivity contribution in [3.8, 4) is 11.1 Å². The molecule has 0 radical (unpaired) electrons. The Hall–Kier alpha value is -3.12. The smallest absolute Gasteiger partial charge is 0.255 e. The lowest BCUT2D eigenvalue weighted by Crippen LogP contribution is -2.25. The van der Waals surface area contributed by atoms with E-state index in [0.717, 1.165) is 11.1 Å². The van der Waals surface area contributed by atoms with Crippen LogP contribution in [0, 0.1) is 0 Å². The van der Waals surface area contributed by atoms with Crippen molar-refractivity contribution in [3.05, 3.63) is 84.4 Å². The van der Waals surface area contributed by atoms with Gasteiger partial charge < -0.3 is 5.32 Å². The Morgan fingerprint density at radius 2 is 1.64 bits per heavy atom. The quantitative estimate of drug-likeness (QED) is 0.725. The van der Waals surface area contributed by atoms with Crippen LogP contribution in [0.5, 0.6) is 0 Å². The molecule has 1 aliphatic rings. The minimum atomic E-state index is -3.28. The molecule has 0 aromatic heterocycles.